The SMILES string of the molecule is CC(=O)[C@@H](N)CCCCNC(=O)CC[C@H](NC(=O)CC[C@H](NC(=O)CC[C@H](NC(=O)CC[C@H](NC(=O)CCCCCCCCCCCCCCCCC(=O)O)C(=O)O)C(=O)O)C(=O)O)C(=O)O. The second kappa shape index (κ2) is 37.4. The number of aliphatic carboxylic acids is 5. The number of nitrogens with two attached hydrogens (primary N) is 1. The summed E-state index contributed by atoms with van der Waals surface area (Å²) in [5.41, 5.74) is 5.66. The number of rotatable bonds is 43. The number of carboxylic acids is 5. The maximum atomic E-state index is 12.6. The topological polar surface area (TPSA) is 375 Å². The highest BCUT2D eigenvalue weighted by atomic mass is 16.4. The Morgan fingerprint density at radius 3 is 0.940 bits per heavy atom. The number of hydrogen-bond donors (Lipinski definition) is 11. The van der Waals surface area contributed by atoms with Gasteiger partial charge in [-0.1, -0.05) is 77.0 Å². The number of carbonyl (C=O) groups excluding carboxylic acids is 6. The van der Waals surface area contributed by atoms with Crippen LogP contribution in [0.1, 0.15) is 180 Å². The Balaban J connectivity index is 4.56. The van der Waals surface area contributed by atoms with E-state index in [2.05, 4.69) is 26.6 Å². The van der Waals surface area contributed by atoms with E-state index in [-0.39, 0.29) is 44.4 Å². The summed E-state index contributed by atoms with van der Waals surface area (Å²) in [7, 11) is 0. The third-order valence-electron chi connectivity index (χ3n) is 11.0. The molecule has 0 fully saturated rings. The Bertz CT molecular complexity index is 1590. The summed E-state index contributed by atoms with van der Waals surface area (Å²) < 4.78 is 0. The summed E-state index contributed by atoms with van der Waals surface area (Å²) in [6, 6.07) is -6.71. The molecule has 0 aromatic rings. The fourth-order valence-electron chi connectivity index (χ4n) is 6.89. The summed E-state index contributed by atoms with van der Waals surface area (Å²) in [5, 5.41) is 58.5. The van der Waals surface area contributed by atoms with Gasteiger partial charge >= 0.3 is 29.8 Å². The van der Waals surface area contributed by atoms with Crippen molar-refractivity contribution in [1.82, 2.24) is 26.6 Å². The maximum absolute atomic E-state index is 12.6. The van der Waals surface area contributed by atoms with Crippen LogP contribution < -0.4 is 32.3 Å². The van der Waals surface area contributed by atoms with Crippen LogP contribution in [0.2, 0.25) is 0 Å². The molecule has 5 atom stereocenters. The summed E-state index contributed by atoms with van der Waals surface area (Å²) in [6.45, 7) is 1.65. The van der Waals surface area contributed by atoms with E-state index < -0.39 is 122 Å². The Labute approximate surface area is 392 Å². The van der Waals surface area contributed by atoms with Crippen LogP contribution in [-0.4, -0.2) is 127 Å². The quantitative estimate of drug-likeness (QED) is 0.0391. The fraction of sp³-hybridized carbons (Fsp3) is 0.756. The minimum atomic E-state index is -1.63. The zero-order valence-electron chi connectivity index (χ0n) is 39.0. The first-order valence-electron chi connectivity index (χ1n) is 23.6. The number of ketones is 1. The van der Waals surface area contributed by atoms with Gasteiger partial charge in [-0.2, -0.15) is 0 Å². The molecular formula is C45H76N6O16. The molecule has 0 saturated heterocycles. The molecule has 0 spiro atoms. The second-order valence-corrected chi connectivity index (χ2v) is 16.9. The van der Waals surface area contributed by atoms with Crippen molar-refractivity contribution < 1.29 is 78.3 Å². The predicted octanol–water partition coefficient (Wildman–Crippen LogP) is 2.91. The molecule has 5 amide bonds. The van der Waals surface area contributed by atoms with Gasteiger partial charge in [-0.15, -0.1) is 0 Å². The molecule has 0 heterocycles. The van der Waals surface area contributed by atoms with E-state index in [1.54, 1.807) is 0 Å². The molecule has 0 unspecified atom stereocenters. The number of unbranched alkanes of at least 4 members (excludes halogenated alkanes) is 14. The van der Waals surface area contributed by atoms with Gasteiger partial charge in [-0.3, -0.25) is 33.6 Å². The number of carboxylic acid groups (broad SMARTS) is 5. The van der Waals surface area contributed by atoms with E-state index in [9.17, 15) is 73.2 Å². The van der Waals surface area contributed by atoms with Crippen molar-refractivity contribution in [2.75, 3.05) is 6.54 Å². The number of hydrogen-bond acceptors (Lipinski definition) is 12. The molecule has 12 N–H and O–H groups in total. The third kappa shape index (κ3) is 34.3. The lowest BCUT2D eigenvalue weighted by Crippen LogP contribution is -2.45. The van der Waals surface area contributed by atoms with Crippen molar-refractivity contribution in [1.29, 1.82) is 0 Å². The summed E-state index contributed by atoms with van der Waals surface area (Å²) in [6.07, 6.45) is 12.6. The molecule has 0 radical (unpaired) electrons. The van der Waals surface area contributed by atoms with Crippen LogP contribution in [0.3, 0.4) is 0 Å². The van der Waals surface area contributed by atoms with Crippen LogP contribution in [0.4, 0.5) is 0 Å². The fourth-order valence-corrected chi connectivity index (χ4v) is 6.89. The van der Waals surface area contributed by atoms with Gasteiger partial charge < -0.3 is 57.9 Å². The first-order valence-corrected chi connectivity index (χ1v) is 23.6. The van der Waals surface area contributed by atoms with E-state index in [1.165, 1.54) is 19.8 Å². The summed E-state index contributed by atoms with van der Waals surface area (Å²) in [5.74, 6) is -10.4. The Hall–Kier alpha value is -5.67. The molecule has 0 bridgehead atoms. The highest BCUT2D eigenvalue weighted by Gasteiger charge is 2.27. The van der Waals surface area contributed by atoms with Gasteiger partial charge in [0.2, 0.25) is 29.5 Å². The van der Waals surface area contributed by atoms with Crippen molar-refractivity contribution in [3.05, 3.63) is 0 Å². The van der Waals surface area contributed by atoms with Crippen molar-refractivity contribution in [2.24, 2.45) is 5.73 Å². The second-order valence-electron chi connectivity index (χ2n) is 16.9. The summed E-state index contributed by atoms with van der Waals surface area (Å²) in [4.78, 5) is 131. The van der Waals surface area contributed by atoms with Crippen LogP contribution in [-0.2, 0) is 52.7 Å². The van der Waals surface area contributed by atoms with Gasteiger partial charge in [0, 0.05) is 45.1 Å². The van der Waals surface area contributed by atoms with E-state index in [4.69, 9.17) is 10.8 Å². The predicted molar refractivity (Wildman–Crippen MR) is 242 cm³/mol. The average Bonchev–Trinajstić information content (AvgIpc) is 3.25. The Morgan fingerprint density at radius 1 is 0.358 bits per heavy atom. The largest absolute Gasteiger partial charge is 0.481 e. The standard InChI is InChI=1S/C45H76N6O16/c1-30(52)31(46)18-16-17-29-47-36(53)25-21-32(42(60)61)49-38(55)27-23-34(44(64)65)51-40(57)28-24-35(45(66)67)50-39(56)26-22-33(43(62)63)48-37(54)19-14-12-10-8-6-4-2-3-5-7-9-11-13-15-20-41(58)59/h31-35H,2-29,46H2,1H3,(H,47,53)(H,48,54)(H,49,55)(H,50,56)(H,51,57)(H,58,59)(H,60,61)(H,62,63)(H,64,65)(H,66,67)/t31-,32-,33-,34-,35-/m0/s1. The number of Topliss-reactive ketones (excluding diaryl/α,β-unsaturated/α-hetero) is 1. The molecular weight excluding hydrogens is 881 g/mol. The van der Waals surface area contributed by atoms with Gasteiger partial charge in [0.05, 0.1) is 6.04 Å². The molecule has 0 rings (SSSR count). The lowest BCUT2D eigenvalue weighted by Gasteiger charge is -2.18. The number of carbonyl (C=O) groups is 11. The van der Waals surface area contributed by atoms with Crippen LogP contribution in [0.15, 0.2) is 0 Å². The van der Waals surface area contributed by atoms with E-state index in [0.29, 0.717) is 25.7 Å². The first-order chi connectivity index (χ1) is 31.7. The highest BCUT2D eigenvalue weighted by Crippen LogP contribution is 2.14. The Morgan fingerprint density at radius 2 is 0.642 bits per heavy atom. The van der Waals surface area contributed by atoms with Crippen LogP contribution in [0.25, 0.3) is 0 Å². The molecule has 0 aliphatic carbocycles. The van der Waals surface area contributed by atoms with Gasteiger partial charge in [-0.25, -0.2) is 19.2 Å². The smallest absolute Gasteiger partial charge is 0.326 e. The van der Waals surface area contributed by atoms with Gasteiger partial charge in [-0.05, 0) is 64.7 Å². The molecule has 22 heteroatoms. The molecule has 0 aliphatic heterocycles. The van der Waals surface area contributed by atoms with E-state index >= 15 is 0 Å². The number of amides is 5. The molecule has 0 aliphatic rings. The van der Waals surface area contributed by atoms with Crippen LogP contribution >= 0.6 is 0 Å². The normalized spacial score (nSPS) is 13.2. The zero-order chi connectivity index (χ0) is 50.6. The molecule has 0 aromatic heterocycles. The molecule has 0 saturated carbocycles. The van der Waals surface area contributed by atoms with Crippen molar-refractivity contribution >= 4 is 65.2 Å². The lowest BCUT2D eigenvalue weighted by molar-refractivity contribution is -0.144. The highest BCUT2D eigenvalue weighted by molar-refractivity contribution is 5.88. The van der Waals surface area contributed by atoms with E-state index in [1.807, 2.05) is 0 Å². The minimum absolute atomic E-state index is 0.0993. The Kier molecular flexibility index (Phi) is 34.3. The van der Waals surface area contributed by atoms with Gasteiger partial charge in [0.15, 0.2) is 0 Å². The number of nitrogens with one attached hydrogen (secondary N) is 5. The van der Waals surface area contributed by atoms with Crippen LogP contribution in [0, 0.1) is 0 Å². The van der Waals surface area contributed by atoms with Crippen molar-refractivity contribution in [2.45, 2.75) is 210 Å². The zero-order valence-corrected chi connectivity index (χ0v) is 39.0. The van der Waals surface area contributed by atoms with Gasteiger partial charge in [0.1, 0.15) is 30.0 Å². The average molecular weight is 957 g/mol. The molecule has 0 aromatic carbocycles. The third-order valence-corrected chi connectivity index (χ3v) is 11.0. The maximum Gasteiger partial charge on any atom is 0.326 e. The van der Waals surface area contributed by atoms with E-state index in [0.717, 1.165) is 70.6 Å². The first kappa shape index (κ1) is 61.3. The minimum Gasteiger partial charge on any atom is -0.481 e. The van der Waals surface area contributed by atoms with Crippen molar-refractivity contribution in [3.8, 4) is 0 Å². The lowest BCUT2D eigenvalue weighted by atomic mass is 10.0. The molecule has 67 heavy (non-hydrogen) atoms. The summed E-state index contributed by atoms with van der Waals surface area (Å²) >= 11 is 0. The molecule has 22 nitrogen and oxygen atoms in total. The van der Waals surface area contributed by atoms with Gasteiger partial charge in [0.25, 0.3) is 0 Å². The monoisotopic (exact) mass is 957 g/mol. The van der Waals surface area contributed by atoms with Crippen molar-refractivity contribution in [3.63, 3.8) is 0 Å². The van der Waals surface area contributed by atoms with Crippen LogP contribution in [0.5, 0.6) is 0 Å². The molecule has 382 valence electrons.